The molecule has 1 aromatic heterocycles. The smallest absolute Gasteiger partial charge is 0.262 e. The number of sulfonamides is 1. The van der Waals surface area contributed by atoms with Gasteiger partial charge in [-0.2, -0.15) is 4.31 Å². The molecule has 5 nitrogen and oxygen atoms in total. The van der Waals surface area contributed by atoms with Crippen molar-refractivity contribution in [2.24, 2.45) is 5.41 Å². The van der Waals surface area contributed by atoms with Crippen LogP contribution in [0.4, 0.5) is 5.69 Å². The average molecular weight is 295 g/mol. The molecule has 1 aliphatic heterocycles. The predicted molar refractivity (Wildman–Crippen MR) is 77.5 cm³/mol. The summed E-state index contributed by atoms with van der Waals surface area (Å²) in [6.07, 6.45) is 8.52. The fourth-order valence-electron chi connectivity index (χ4n) is 3.57. The maximum atomic E-state index is 12.6. The summed E-state index contributed by atoms with van der Waals surface area (Å²) < 4.78 is 26.7. The number of pyridine rings is 1. The number of hydrogen-bond acceptors (Lipinski definition) is 4. The molecule has 2 heterocycles. The van der Waals surface area contributed by atoms with Gasteiger partial charge in [0.25, 0.3) is 10.0 Å². The lowest BCUT2D eigenvalue weighted by Crippen LogP contribution is -2.42. The predicted octanol–water partition coefficient (Wildman–Crippen LogP) is 2.01. The summed E-state index contributed by atoms with van der Waals surface area (Å²) in [7, 11) is -3.54. The molecular formula is C14H21N3O2S. The standard InChI is InChI=1S/C14H21N3O2S/c15-12-4-3-9-16-13(12)20(18,19)17-10-7-14(8-11-17)5-1-2-6-14/h3-4,9H,1-2,5-8,10-11,15H2. The number of piperidine rings is 1. The molecule has 0 atom stereocenters. The molecule has 1 aliphatic carbocycles. The van der Waals surface area contributed by atoms with E-state index >= 15 is 0 Å². The Morgan fingerprint density at radius 2 is 1.80 bits per heavy atom. The van der Waals surface area contributed by atoms with Gasteiger partial charge in [0.05, 0.1) is 5.69 Å². The number of nitrogens with zero attached hydrogens (tertiary/aromatic N) is 2. The Kier molecular flexibility index (Phi) is 3.46. The van der Waals surface area contributed by atoms with E-state index in [1.807, 2.05) is 0 Å². The van der Waals surface area contributed by atoms with E-state index in [1.54, 1.807) is 16.4 Å². The van der Waals surface area contributed by atoms with Gasteiger partial charge in [0.2, 0.25) is 0 Å². The number of rotatable bonds is 2. The largest absolute Gasteiger partial charge is 0.396 e. The van der Waals surface area contributed by atoms with Crippen LogP contribution in [-0.2, 0) is 10.0 Å². The van der Waals surface area contributed by atoms with Gasteiger partial charge in [0.1, 0.15) is 0 Å². The third kappa shape index (κ3) is 2.31. The lowest BCUT2D eigenvalue weighted by Gasteiger charge is -2.38. The summed E-state index contributed by atoms with van der Waals surface area (Å²) in [6.45, 7) is 1.19. The van der Waals surface area contributed by atoms with Crippen molar-refractivity contribution in [1.82, 2.24) is 9.29 Å². The number of nitrogens with two attached hydrogens (primary N) is 1. The van der Waals surface area contributed by atoms with Crippen molar-refractivity contribution < 1.29 is 8.42 Å². The molecule has 0 amide bonds. The van der Waals surface area contributed by atoms with Crippen LogP contribution in [0.15, 0.2) is 23.4 Å². The summed E-state index contributed by atoms with van der Waals surface area (Å²) in [4.78, 5) is 3.96. The van der Waals surface area contributed by atoms with Crippen LogP contribution in [0.3, 0.4) is 0 Å². The molecule has 2 N–H and O–H groups in total. The van der Waals surface area contributed by atoms with Crippen molar-refractivity contribution >= 4 is 15.7 Å². The summed E-state index contributed by atoms with van der Waals surface area (Å²) in [5.74, 6) is 0. The van der Waals surface area contributed by atoms with Gasteiger partial charge in [-0.15, -0.1) is 0 Å². The zero-order valence-electron chi connectivity index (χ0n) is 11.6. The summed E-state index contributed by atoms with van der Waals surface area (Å²) in [6, 6.07) is 3.24. The van der Waals surface area contributed by atoms with Crippen LogP contribution in [0.1, 0.15) is 38.5 Å². The van der Waals surface area contributed by atoms with E-state index in [1.165, 1.54) is 31.9 Å². The van der Waals surface area contributed by atoms with Crippen molar-refractivity contribution in [3.63, 3.8) is 0 Å². The van der Waals surface area contributed by atoms with Gasteiger partial charge in [0.15, 0.2) is 5.03 Å². The lowest BCUT2D eigenvalue weighted by atomic mass is 9.78. The van der Waals surface area contributed by atoms with E-state index in [2.05, 4.69) is 4.98 Å². The highest BCUT2D eigenvalue weighted by Gasteiger charge is 2.40. The normalized spacial score (nSPS) is 23.2. The Labute approximate surface area is 120 Å². The van der Waals surface area contributed by atoms with Gasteiger partial charge in [-0.05, 0) is 43.2 Å². The first kappa shape index (κ1) is 13.8. The monoisotopic (exact) mass is 295 g/mol. The zero-order chi connectivity index (χ0) is 14.2. The topological polar surface area (TPSA) is 76.3 Å². The number of aromatic nitrogens is 1. The van der Waals surface area contributed by atoms with Gasteiger partial charge in [-0.3, -0.25) is 0 Å². The first-order valence-corrected chi connectivity index (χ1v) is 8.68. The van der Waals surface area contributed by atoms with Crippen LogP contribution in [0.5, 0.6) is 0 Å². The number of anilines is 1. The highest BCUT2D eigenvalue weighted by molar-refractivity contribution is 7.89. The van der Waals surface area contributed by atoms with Crippen LogP contribution in [0, 0.1) is 5.41 Å². The minimum atomic E-state index is -3.54. The first-order chi connectivity index (χ1) is 9.54. The van der Waals surface area contributed by atoms with E-state index in [0.717, 1.165) is 12.8 Å². The van der Waals surface area contributed by atoms with Gasteiger partial charge in [-0.1, -0.05) is 12.8 Å². The Morgan fingerprint density at radius 1 is 1.15 bits per heavy atom. The summed E-state index contributed by atoms with van der Waals surface area (Å²) in [5.41, 5.74) is 6.40. The molecule has 0 aromatic carbocycles. The molecule has 110 valence electrons. The van der Waals surface area contributed by atoms with Gasteiger partial charge in [-0.25, -0.2) is 13.4 Å². The summed E-state index contributed by atoms with van der Waals surface area (Å²) in [5, 5.41) is 0.00220. The quantitative estimate of drug-likeness (QED) is 0.905. The fourth-order valence-corrected chi connectivity index (χ4v) is 5.03. The van der Waals surface area contributed by atoms with Crippen LogP contribution >= 0.6 is 0 Å². The molecule has 20 heavy (non-hydrogen) atoms. The van der Waals surface area contributed by atoms with E-state index in [-0.39, 0.29) is 10.7 Å². The summed E-state index contributed by atoms with van der Waals surface area (Å²) >= 11 is 0. The second kappa shape index (κ2) is 5.00. The average Bonchev–Trinajstić information content (AvgIpc) is 2.88. The maximum absolute atomic E-state index is 12.6. The van der Waals surface area contributed by atoms with Crippen molar-refractivity contribution in [3.05, 3.63) is 18.3 Å². The second-order valence-electron chi connectivity index (χ2n) is 6.01. The fraction of sp³-hybridized carbons (Fsp3) is 0.643. The molecule has 0 unspecified atom stereocenters. The van der Waals surface area contributed by atoms with Gasteiger partial charge in [0, 0.05) is 19.3 Å². The van der Waals surface area contributed by atoms with Gasteiger partial charge >= 0.3 is 0 Å². The molecule has 1 aromatic rings. The van der Waals surface area contributed by atoms with Crippen molar-refractivity contribution in [2.45, 2.75) is 43.6 Å². The highest BCUT2D eigenvalue weighted by atomic mass is 32.2. The SMILES string of the molecule is Nc1cccnc1S(=O)(=O)N1CCC2(CCCC2)CC1. The van der Waals surface area contributed by atoms with Crippen LogP contribution < -0.4 is 5.73 Å². The van der Waals surface area contributed by atoms with E-state index in [4.69, 9.17) is 5.73 Å². The molecule has 1 saturated carbocycles. The highest BCUT2D eigenvalue weighted by Crippen LogP contribution is 2.46. The van der Waals surface area contributed by atoms with E-state index in [9.17, 15) is 8.42 Å². The number of hydrogen-bond donors (Lipinski definition) is 1. The maximum Gasteiger partial charge on any atom is 0.262 e. The Hall–Kier alpha value is -1.14. The molecule has 2 aliphatic rings. The van der Waals surface area contributed by atoms with Crippen molar-refractivity contribution in [2.75, 3.05) is 18.8 Å². The van der Waals surface area contributed by atoms with E-state index in [0.29, 0.717) is 18.5 Å². The molecular weight excluding hydrogens is 274 g/mol. The molecule has 6 heteroatoms. The molecule has 1 saturated heterocycles. The minimum absolute atomic E-state index is 0.00220. The lowest BCUT2D eigenvalue weighted by molar-refractivity contribution is 0.160. The zero-order valence-corrected chi connectivity index (χ0v) is 12.4. The van der Waals surface area contributed by atoms with Crippen LogP contribution in [0.25, 0.3) is 0 Å². The molecule has 1 spiro atoms. The van der Waals surface area contributed by atoms with E-state index < -0.39 is 10.0 Å². The Balaban J connectivity index is 1.79. The van der Waals surface area contributed by atoms with Crippen LogP contribution in [-0.4, -0.2) is 30.8 Å². The first-order valence-electron chi connectivity index (χ1n) is 7.24. The molecule has 0 bridgehead atoms. The van der Waals surface area contributed by atoms with Crippen molar-refractivity contribution in [3.8, 4) is 0 Å². The molecule has 3 rings (SSSR count). The second-order valence-corrected chi connectivity index (χ2v) is 7.86. The Bertz CT molecular complexity index is 584. The van der Waals surface area contributed by atoms with Crippen molar-refractivity contribution in [1.29, 1.82) is 0 Å². The molecule has 2 fully saturated rings. The third-order valence-corrected chi connectivity index (χ3v) is 6.71. The van der Waals surface area contributed by atoms with Gasteiger partial charge < -0.3 is 5.73 Å². The Morgan fingerprint density at radius 3 is 2.40 bits per heavy atom. The molecule has 0 radical (unpaired) electrons. The number of nitrogen functional groups attached to an aromatic ring is 1. The minimum Gasteiger partial charge on any atom is -0.396 e. The third-order valence-electron chi connectivity index (χ3n) is 4.83. The van der Waals surface area contributed by atoms with Crippen LogP contribution in [0.2, 0.25) is 0 Å².